The summed E-state index contributed by atoms with van der Waals surface area (Å²) in [6.45, 7) is 7.42. The number of amidine groups is 1. The molecule has 0 aliphatic carbocycles. The van der Waals surface area contributed by atoms with Gasteiger partial charge in [-0.3, -0.25) is 10.7 Å². The third kappa shape index (κ3) is 8.62. The average molecular weight is 498 g/mol. The lowest BCUT2D eigenvalue weighted by Gasteiger charge is -2.24. The van der Waals surface area contributed by atoms with E-state index in [9.17, 15) is 9.90 Å². The Morgan fingerprint density at radius 1 is 1.22 bits per heavy atom. The third-order valence-corrected chi connectivity index (χ3v) is 5.42. The van der Waals surface area contributed by atoms with Crippen molar-refractivity contribution in [3.63, 3.8) is 0 Å². The van der Waals surface area contributed by atoms with Crippen molar-refractivity contribution in [1.82, 2.24) is 10.2 Å². The molecule has 1 fully saturated rings. The highest BCUT2D eigenvalue weighted by atomic mass is 16.6. The van der Waals surface area contributed by atoms with Gasteiger partial charge in [0.05, 0.1) is 6.54 Å². The molecule has 0 spiro atoms. The fraction of sp³-hybridized carbons (Fsp3) is 0.462. The minimum atomic E-state index is -0.737. The minimum absolute atomic E-state index is 0.0803. The normalized spacial score (nSPS) is 16.3. The smallest absolute Gasteiger partial charge is 0.410 e. The molecule has 1 aliphatic rings. The zero-order chi connectivity index (χ0) is 26.1. The number of aliphatic hydroxyl groups excluding tert-OH is 1. The SMILES string of the molecule is CC(C)(C)OC(=O)N1CC[C@H](Oc2ccc(CC(O)NCCOc3cccc(C(=N)N=N)c3)cc2)C1. The molecule has 0 radical (unpaired) electrons. The van der Waals surface area contributed by atoms with Crippen LogP contribution in [0.2, 0.25) is 0 Å². The summed E-state index contributed by atoms with van der Waals surface area (Å²) >= 11 is 0. The molecule has 1 aliphatic heterocycles. The number of nitrogens with one attached hydrogen (secondary N) is 3. The van der Waals surface area contributed by atoms with E-state index in [-0.39, 0.29) is 18.0 Å². The molecule has 0 saturated carbocycles. The average Bonchev–Trinajstić information content (AvgIpc) is 3.30. The Labute approximate surface area is 211 Å². The van der Waals surface area contributed by atoms with Gasteiger partial charge in [-0.25, -0.2) is 10.3 Å². The Bertz CT molecular complexity index is 1040. The van der Waals surface area contributed by atoms with Gasteiger partial charge in [-0.15, -0.1) is 5.11 Å². The molecule has 3 rings (SSSR count). The maximum atomic E-state index is 12.2. The molecule has 2 aromatic rings. The third-order valence-electron chi connectivity index (χ3n) is 5.42. The lowest BCUT2D eigenvalue weighted by atomic mass is 10.1. The van der Waals surface area contributed by atoms with Crippen LogP contribution in [0.25, 0.3) is 0 Å². The maximum Gasteiger partial charge on any atom is 0.410 e. The van der Waals surface area contributed by atoms with Crippen LogP contribution >= 0.6 is 0 Å². The fourth-order valence-corrected chi connectivity index (χ4v) is 3.70. The molecule has 10 nitrogen and oxygen atoms in total. The quantitative estimate of drug-likeness (QED) is 0.129. The summed E-state index contributed by atoms with van der Waals surface area (Å²) in [7, 11) is 0. The first-order valence-corrected chi connectivity index (χ1v) is 12.0. The second kappa shape index (κ2) is 12.5. The number of hydrogen-bond donors (Lipinski definition) is 4. The minimum Gasteiger partial charge on any atom is -0.492 e. The van der Waals surface area contributed by atoms with E-state index in [0.29, 0.717) is 44.0 Å². The van der Waals surface area contributed by atoms with Crippen LogP contribution in [0.15, 0.2) is 53.6 Å². The summed E-state index contributed by atoms with van der Waals surface area (Å²) in [6.07, 6.45) is 0.0405. The summed E-state index contributed by atoms with van der Waals surface area (Å²) < 4.78 is 17.1. The number of likely N-dealkylation sites (tertiary alicyclic amines) is 1. The monoisotopic (exact) mass is 497 g/mol. The van der Waals surface area contributed by atoms with Gasteiger partial charge in [0.1, 0.15) is 36.0 Å². The molecule has 36 heavy (non-hydrogen) atoms. The highest BCUT2D eigenvalue weighted by molar-refractivity contribution is 5.96. The van der Waals surface area contributed by atoms with Crippen molar-refractivity contribution in [3.8, 4) is 11.5 Å². The molecule has 1 amide bonds. The Morgan fingerprint density at radius 3 is 2.67 bits per heavy atom. The standard InChI is InChI=1S/C26H35N5O5/c1-26(2,3)36-25(33)31-13-11-22(17-31)35-20-9-7-18(8-10-20)15-23(32)29-12-14-34-21-6-4-5-19(16-21)24(27)30-28/h4-10,16,22-23,27-29,32H,11-15,17H2,1-3H3/t22-,23?/m0/s1. The van der Waals surface area contributed by atoms with Gasteiger partial charge in [0, 0.05) is 31.5 Å². The summed E-state index contributed by atoms with van der Waals surface area (Å²) in [5, 5.41) is 24.0. The molecule has 2 aromatic carbocycles. The molecule has 1 unspecified atom stereocenters. The number of ether oxygens (including phenoxy) is 3. The van der Waals surface area contributed by atoms with Gasteiger partial charge in [-0.1, -0.05) is 24.3 Å². The topological polar surface area (TPSA) is 140 Å². The number of amides is 1. The van der Waals surface area contributed by atoms with E-state index in [4.69, 9.17) is 25.2 Å². The number of hydrogen-bond acceptors (Lipinski definition) is 8. The van der Waals surface area contributed by atoms with Gasteiger partial charge in [0.15, 0.2) is 5.84 Å². The van der Waals surface area contributed by atoms with E-state index in [1.165, 1.54) is 0 Å². The number of rotatable bonds is 10. The van der Waals surface area contributed by atoms with E-state index in [0.717, 1.165) is 17.7 Å². The van der Waals surface area contributed by atoms with Crippen LogP contribution in [0, 0.1) is 10.9 Å². The van der Waals surface area contributed by atoms with Crippen LogP contribution in [-0.2, 0) is 11.2 Å². The zero-order valence-corrected chi connectivity index (χ0v) is 21.0. The predicted molar refractivity (Wildman–Crippen MR) is 135 cm³/mol. The summed E-state index contributed by atoms with van der Waals surface area (Å²) in [5.41, 5.74) is 7.87. The molecular formula is C26H35N5O5. The van der Waals surface area contributed by atoms with E-state index in [1.807, 2.05) is 45.0 Å². The van der Waals surface area contributed by atoms with Gasteiger partial charge in [-0.05, 0) is 50.6 Å². The largest absolute Gasteiger partial charge is 0.492 e. The van der Waals surface area contributed by atoms with Gasteiger partial charge in [0.2, 0.25) is 0 Å². The van der Waals surface area contributed by atoms with Crippen molar-refractivity contribution in [1.29, 1.82) is 10.9 Å². The molecular weight excluding hydrogens is 462 g/mol. The van der Waals surface area contributed by atoms with E-state index in [2.05, 4.69) is 10.4 Å². The number of carbonyl (C=O) groups excluding carboxylic acids is 1. The Balaban J connectivity index is 1.37. The van der Waals surface area contributed by atoms with Crippen LogP contribution < -0.4 is 14.8 Å². The number of carbonyl (C=O) groups is 1. The van der Waals surface area contributed by atoms with Crippen molar-refractivity contribution in [2.24, 2.45) is 5.11 Å². The van der Waals surface area contributed by atoms with Crippen LogP contribution in [-0.4, -0.2) is 66.1 Å². The number of aliphatic hydroxyl groups is 1. The molecule has 0 aromatic heterocycles. The van der Waals surface area contributed by atoms with E-state index in [1.54, 1.807) is 29.2 Å². The van der Waals surface area contributed by atoms with E-state index >= 15 is 0 Å². The summed E-state index contributed by atoms with van der Waals surface area (Å²) in [4.78, 5) is 13.9. The Kier molecular flexibility index (Phi) is 9.38. The van der Waals surface area contributed by atoms with Gasteiger partial charge in [0.25, 0.3) is 0 Å². The van der Waals surface area contributed by atoms with Crippen LogP contribution in [0.4, 0.5) is 4.79 Å². The fourth-order valence-electron chi connectivity index (χ4n) is 3.70. The van der Waals surface area contributed by atoms with Crippen molar-refractivity contribution < 1.29 is 24.1 Å². The summed E-state index contributed by atoms with van der Waals surface area (Å²) in [5.74, 6) is 1.17. The van der Waals surface area contributed by atoms with Crippen LogP contribution in [0.3, 0.4) is 0 Å². The van der Waals surface area contributed by atoms with E-state index < -0.39 is 11.8 Å². The lowest BCUT2D eigenvalue weighted by Crippen LogP contribution is -2.36. The van der Waals surface area contributed by atoms with Crippen LogP contribution in [0.1, 0.15) is 38.3 Å². The Morgan fingerprint density at radius 2 is 1.97 bits per heavy atom. The number of nitrogens with zero attached hydrogens (tertiary/aromatic N) is 2. The molecule has 10 heteroatoms. The van der Waals surface area contributed by atoms with Crippen molar-refractivity contribution >= 4 is 11.9 Å². The Hall–Kier alpha value is -3.50. The van der Waals surface area contributed by atoms with Gasteiger partial charge >= 0.3 is 6.09 Å². The van der Waals surface area contributed by atoms with Crippen LogP contribution in [0.5, 0.6) is 11.5 Å². The highest BCUT2D eigenvalue weighted by Gasteiger charge is 2.30. The van der Waals surface area contributed by atoms with Crippen molar-refractivity contribution in [2.45, 2.75) is 51.5 Å². The predicted octanol–water partition coefficient (Wildman–Crippen LogP) is 3.96. The van der Waals surface area contributed by atoms with Gasteiger partial charge in [-0.2, -0.15) is 0 Å². The molecule has 2 atom stereocenters. The molecule has 1 heterocycles. The summed E-state index contributed by atoms with van der Waals surface area (Å²) in [6, 6.07) is 14.4. The number of benzene rings is 2. The molecule has 4 N–H and O–H groups in total. The lowest BCUT2D eigenvalue weighted by molar-refractivity contribution is 0.0275. The van der Waals surface area contributed by atoms with Crippen molar-refractivity contribution in [3.05, 3.63) is 59.7 Å². The van der Waals surface area contributed by atoms with Crippen molar-refractivity contribution in [2.75, 3.05) is 26.2 Å². The highest BCUT2D eigenvalue weighted by Crippen LogP contribution is 2.21. The zero-order valence-electron chi connectivity index (χ0n) is 21.0. The second-order valence-electron chi connectivity index (χ2n) is 9.61. The first-order valence-electron chi connectivity index (χ1n) is 12.0. The van der Waals surface area contributed by atoms with Gasteiger partial charge < -0.3 is 24.2 Å². The first kappa shape index (κ1) is 27.1. The first-order chi connectivity index (χ1) is 17.1. The molecule has 1 saturated heterocycles. The molecule has 194 valence electrons. The second-order valence-corrected chi connectivity index (χ2v) is 9.61. The maximum absolute atomic E-state index is 12.2. The molecule has 0 bridgehead atoms.